The highest BCUT2D eigenvalue weighted by Crippen LogP contribution is 2.15. The van der Waals surface area contributed by atoms with Crippen molar-refractivity contribution in [1.29, 1.82) is 0 Å². The Morgan fingerprint density at radius 1 is 1.69 bits per heavy atom. The molecule has 88 valence electrons. The zero-order valence-electron chi connectivity index (χ0n) is 9.18. The molecule has 0 saturated heterocycles. The van der Waals surface area contributed by atoms with Crippen molar-refractivity contribution in [2.45, 2.75) is 13.0 Å². The molecule has 0 aliphatic carbocycles. The lowest BCUT2D eigenvalue weighted by atomic mass is 10.3. The number of amides is 1. The molecule has 0 aliphatic rings. The molecule has 0 bridgehead atoms. The number of halogens is 1. The highest BCUT2D eigenvalue weighted by molar-refractivity contribution is 9.10. The molecule has 1 heterocycles. The number of aliphatic hydroxyl groups excluding tert-OH is 1. The van der Waals surface area contributed by atoms with Gasteiger partial charge in [0.15, 0.2) is 4.67 Å². The number of furan rings is 1. The van der Waals surface area contributed by atoms with E-state index in [1.54, 1.807) is 32.2 Å². The van der Waals surface area contributed by atoms with Crippen LogP contribution in [0, 0.1) is 0 Å². The summed E-state index contributed by atoms with van der Waals surface area (Å²) in [5.74, 6) is 0.430. The summed E-state index contributed by atoms with van der Waals surface area (Å²) in [5, 5.41) is 9.12. The summed E-state index contributed by atoms with van der Waals surface area (Å²) in [5.41, 5.74) is 0. The summed E-state index contributed by atoms with van der Waals surface area (Å²) >= 11 is 3.17. The van der Waals surface area contributed by atoms with Gasteiger partial charge in [-0.15, -0.1) is 0 Å². The number of rotatable bonds is 4. The van der Waals surface area contributed by atoms with Crippen LogP contribution in [0.25, 0.3) is 6.08 Å². The number of aliphatic hydroxyl groups is 1. The Morgan fingerprint density at radius 2 is 2.38 bits per heavy atom. The smallest absolute Gasteiger partial charge is 0.246 e. The Hall–Kier alpha value is -1.07. The number of carbonyl (C=O) groups is 1. The van der Waals surface area contributed by atoms with Gasteiger partial charge in [0.25, 0.3) is 0 Å². The highest BCUT2D eigenvalue weighted by atomic mass is 79.9. The molecular weight excluding hydrogens is 274 g/mol. The molecule has 0 radical (unpaired) electrons. The normalized spacial score (nSPS) is 13.0. The maximum absolute atomic E-state index is 11.5. The van der Waals surface area contributed by atoms with Gasteiger partial charge in [-0.3, -0.25) is 4.79 Å². The first kappa shape index (κ1) is 13.0. The van der Waals surface area contributed by atoms with Crippen molar-refractivity contribution < 1.29 is 14.3 Å². The minimum atomic E-state index is -0.528. The summed E-state index contributed by atoms with van der Waals surface area (Å²) in [4.78, 5) is 13.0. The first-order valence-corrected chi connectivity index (χ1v) is 5.65. The monoisotopic (exact) mass is 287 g/mol. The van der Waals surface area contributed by atoms with Crippen LogP contribution in [0.1, 0.15) is 12.7 Å². The third kappa shape index (κ3) is 4.20. The molecule has 0 saturated carbocycles. The lowest BCUT2D eigenvalue weighted by molar-refractivity contribution is -0.125. The summed E-state index contributed by atoms with van der Waals surface area (Å²) in [7, 11) is 1.64. The third-order valence-electron chi connectivity index (χ3n) is 1.90. The summed E-state index contributed by atoms with van der Waals surface area (Å²) < 4.78 is 5.83. The van der Waals surface area contributed by atoms with Crippen LogP contribution in [0.4, 0.5) is 0 Å². The first-order valence-electron chi connectivity index (χ1n) is 4.85. The highest BCUT2D eigenvalue weighted by Gasteiger charge is 2.07. The van der Waals surface area contributed by atoms with Crippen molar-refractivity contribution in [3.05, 3.63) is 28.6 Å². The molecule has 1 aromatic rings. The molecule has 1 amide bonds. The number of hydrogen-bond acceptors (Lipinski definition) is 3. The average Bonchev–Trinajstić information content (AvgIpc) is 2.59. The minimum absolute atomic E-state index is 0.173. The minimum Gasteiger partial charge on any atom is -0.450 e. The van der Waals surface area contributed by atoms with Crippen molar-refractivity contribution >= 4 is 27.9 Å². The first-order chi connectivity index (χ1) is 7.49. The van der Waals surface area contributed by atoms with E-state index in [1.807, 2.05) is 0 Å². The maximum Gasteiger partial charge on any atom is 0.246 e. The Morgan fingerprint density at radius 3 is 2.88 bits per heavy atom. The molecule has 1 aromatic heterocycles. The second-order valence-corrected chi connectivity index (χ2v) is 4.32. The second kappa shape index (κ2) is 5.86. The second-order valence-electron chi connectivity index (χ2n) is 3.54. The predicted octanol–water partition coefficient (Wildman–Crippen LogP) is 1.89. The molecule has 4 nitrogen and oxygen atoms in total. The van der Waals surface area contributed by atoms with Gasteiger partial charge in [0.2, 0.25) is 5.91 Å². The van der Waals surface area contributed by atoms with E-state index in [2.05, 4.69) is 15.9 Å². The van der Waals surface area contributed by atoms with Crippen LogP contribution < -0.4 is 0 Å². The molecule has 1 atom stereocenters. The van der Waals surface area contributed by atoms with E-state index in [4.69, 9.17) is 9.52 Å². The third-order valence-corrected chi connectivity index (χ3v) is 2.32. The van der Waals surface area contributed by atoms with Crippen molar-refractivity contribution in [2.24, 2.45) is 0 Å². The van der Waals surface area contributed by atoms with Gasteiger partial charge in [0.1, 0.15) is 5.76 Å². The lowest BCUT2D eigenvalue weighted by Gasteiger charge is -2.16. The van der Waals surface area contributed by atoms with Crippen molar-refractivity contribution in [2.75, 3.05) is 13.6 Å². The van der Waals surface area contributed by atoms with E-state index in [-0.39, 0.29) is 5.91 Å². The van der Waals surface area contributed by atoms with Crippen LogP contribution >= 0.6 is 15.9 Å². The van der Waals surface area contributed by atoms with E-state index < -0.39 is 6.10 Å². The summed E-state index contributed by atoms with van der Waals surface area (Å²) in [6, 6.07) is 3.51. The van der Waals surface area contributed by atoms with Gasteiger partial charge in [-0.25, -0.2) is 0 Å². The van der Waals surface area contributed by atoms with E-state index in [0.717, 1.165) is 0 Å². The molecule has 1 N–H and O–H groups in total. The molecule has 0 fully saturated rings. The quantitative estimate of drug-likeness (QED) is 0.861. The fourth-order valence-corrected chi connectivity index (χ4v) is 1.50. The number of hydrogen-bond donors (Lipinski definition) is 1. The Bertz CT molecular complexity index is 384. The van der Waals surface area contributed by atoms with Crippen LogP contribution in [-0.4, -0.2) is 35.6 Å². The fourth-order valence-electron chi connectivity index (χ4n) is 1.18. The number of likely N-dealkylation sites (N-methyl/N-ethyl adjacent to an activating group) is 1. The van der Waals surface area contributed by atoms with Gasteiger partial charge in [-0.05, 0) is 41.1 Å². The van der Waals surface area contributed by atoms with Crippen molar-refractivity contribution in [3.8, 4) is 0 Å². The molecule has 0 aliphatic heterocycles. The maximum atomic E-state index is 11.5. The topological polar surface area (TPSA) is 53.7 Å². The van der Waals surface area contributed by atoms with Crippen LogP contribution in [0.3, 0.4) is 0 Å². The number of nitrogens with zero attached hydrogens (tertiary/aromatic N) is 1. The fraction of sp³-hybridized carbons (Fsp3) is 0.364. The van der Waals surface area contributed by atoms with Gasteiger partial charge >= 0.3 is 0 Å². The molecule has 0 aromatic carbocycles. The van der Waals surface area contributed by atoms with Gasteiger partial charge in [-0.2, -0.15) is 0 Å². The van der Waals surface area contributed by atoms with Crippen molar-refractivity contribution in [1.82, 2.24) is 4.90 Å². The Labute approximate surface area is 103 Å². The largest absolute Gasteiger partial charge is 0.450 e. The summed E-state index contributed by atoms with van der Waals surface area (Å²) in [6.45, 7) is 1.95. The Balaban J connectivity index is 2.53. The van der Waals surface area contributed by atoms with Crippen LogP contribution in [0.15, 0.2) is 27.3 Å². The molecule has 1 rings (SSSR count). The van der Waals surface area contributed by atoms with E-state index in [1.165, 1.54) is 11.0 Å². The number of carbonyl (C=O) groups excluding carboxylic acids is 1. The predicted molar refractivity (Wildman–Crippen MR) is 64.8 cm³/mol. The Kier molecular flexibility index (Phi) is 4.76. The molecule has 0 spiro atoms. The molecular formula is C11H14BrNO3. The van der Waals surface area contributed by atoms with Crippen LogP contribution in [-0.2, 0) is 4.79 Å². The van der Waals surface area contributed by atoms with Crippen molar-refractivity contribution in [3.63, 3.8) is 0 Å². The zero-order chi connectivity index (χ0) is 12.1. The van der Waals surface area contributed by atoms with Gasteiger partial charge in [-0.1, -0.05) is 0 Å². The van der Waals surface area contributed by atoms with Crippen LogP contribution in [0.5, 0.6) is 0 Å². The SMILES string of the molecule is CC(O)CN(C)C(=O)C=Cc1ccc(Br)o1. The van der Waals surface area contributed by atoms with Gasteiger partial charge in [0, 0.05) is 19.7 Å². The average molecular weight is 288 g/mol. The van der Waals surface area contributed by atoms with Gasteiger partial charge < -0.3 is 14.4 Å². The molecule has 5 heteroatoms. The van der Waals surface area contributed by atoms with Crippen LogP contribution in [0.2, 0.25) is 0 Å². The van der Waals surface area contributed by atoms with E-state index in [9.17, 15) is 4.79 Å². The van der Waals surface area contributed by atoms with Gasteiger partial charge in [0.05, 0.1) is 6.10 Å². The molecule has 1 unspecified atom stereocenters. The van der Waals surface area contributed by atoms with E-state index >= 15 is 0 Å². The molecule has 16 heavy (non-hydrogen) atoms. The standard InChI is InChI=1S/C11H14BrNO3/c1-8(14)7-13(2)11(15)6-4-9-3-5-10(12)16-9/h3-6,8,14H,7H2,1-2H3. The summed E-state index contributed by atoms with van der Waals surface area (Å²) in [6.07, 6.45) is 2.47. The lowest BCUT2D eigenvalue weighted by Crippen LogP contribution is -2.31. The van der Waals surface area contributed by atoms with E-state index in [0.29, 0.717) is 17.0 Å². The zero-order valence-corrected chi connectivity index (χ0v) is 10.8.